The predicted molar refractivity (Wildman–Crippen MR) is 197 cm³/mol. The summed E-state index contributed by atoms with van der Waals surface area (Å²) in [6.07, 6.45) is 12.1. The number of likely N-dealkylation sites (tertiary alicyclic amines) is 1. The molecule has 7 nitrogen and oxygen atoms in total. The van der Waals surface area contributed by atoms with Crippen LogP contribution in [0, 0.1) is 11.8 Å². The van der Waals surface area contributed by atoms with Gasteiger partial charge in [0.1, 0.15) is 0 Å². The van der Waals surface area contributed by atoms with Crippen molar-refractivity contribution in [1.82, 2.24) is 14.9 Å². The first-order chi connectivity index (χ1) is 23.5. The number of Topliss-reactive ketones (excluding diaryl/α,β-unsaturated/α-hetero) is 1. The Morgan fingerprint density at radius 2 is 1.51 bits per heavy atom. The minimum Gasteiger partial charge on any atom is -0.481 e. The van der Waals surface area contributed by atoms with E-state index in [0.717, 1.165) is 33.6 Å². The lowest BCUT2D eigenvalue weighted by Crippen LogP contribution is -2.37. The van der Waals surface area contributed by atoms with Gasteiger partial charge in [-0.3, -0.25) is 14.4 Å². The van der Waals surface area contributed by atoms with Gasteiger partial charge in [-0.15, -0.1) is 11.3 Å². The van der Waals surface area contributed by atoms with E-state index >= 15 is 0 Å². The van der Waals surface area contributed by atoms with Gasteiger partial charge in [-0.2, -0.15) is 0 Å². The summed E-state index contributed by atoms with van der Waals surface area (Å²) in [5.74, 6) is -1.65. The van der Waals surface area contributed by atoms with Crippen LogP contribution in [0.25, 0.3) is 22.5 Å². The zero-order valence-corrected chi connectivity index (χ0v) is 30.1. The highest BCUT2D eigenvalue weighted by Gasteiger charge is 2.35. The van der Waals surface area contributed by atoms with Crippen LogP contribution in [-0.2, 0) is 27.8 Å². The molecule has 1 N–H and O–H groups in total. The van der Waals surface area contributed by atoms with Crippen molar-refractivity contribution in [2.24, 2.45) is 11.8 Å². The number of carboxylic acids is 1. The molecule has 49 heavy (non-hydrogen) atoms. The first-order valence-corrected chi connectivity index (χ1v) is 18.5. The summed E-state index contributed by atoms with van der Waals surface area (Å²) in [7, 11) is 0. The highest BCUT2D eigenvalue weighted by Crippen LogP contribution is 2.32. The summed E-state index contributed by atoms with van der Waals surface area (Å²) in [5, 5.41) is 9.50. The molecular formula is C41H49N3O4S. The smallest absolute Gasteiger partial charge is 0.308 e. The molecule has 0 spiro atoms. The number of carbonyl (C=O) groups excluding carboxylic acids is 2. The molecule has 1 saturated heterocycles. The second-order valence-corrected chi connectivity index (χ2v) is 15.5. The van der Waals surface area contributed by atoms with E-state index in [-0.39, 0.29) is 30.1 Å². The molecule has 1 amide bonds. The van der Waals surface area contributed by atoms with E-state index in [0.29, 0.717) is 30.1 Å². The molecule has 1 fully saturated rings. The van der Waals surface area contributed by atoms with Gasteiger partial charge in [0.2, 0.25) is 5.91 Å². The van der Waals surface area contributed by atoms with Crippen molar-refractivity contribution in [3.63, 3.8) is 0 Å². The molecule has 258 valence electrons. The molecule has 1 aliphatic heterocycles. The molecule has 1 aliphatic rings. The molecular weight excluding hydrogens is 631 g/mol. The van der Waals surface area contributed by atoms with Crippen LogP contribution in [0.15, 0.2) is 73.1 Å². The Labute approximate surface area is 294 Å². The molecule has 0 unspecified atom stereocenters. The fourth-order valence-corrected chi connectivity index (χ4v) is 7.39. The van der Waals surface area contributed by atoms with Crippen LogP contribution in [-0.4, -0.2) is 50.7 Å². The maximum atomic E-state index is 13.8. The molecule has 0 radical (unpaired) electrons. The largest absolute Gasteiger partial charge is 0.481 e. The summed E-state index contributed by atoms with van der Waals surface area (Å²) in [6.45, 7) is 9.16. The average Bonchev–Trinajstić information content (AvgIpc) is 3.80. The molecule has 2 aromatic carbocycles. The molecule has 0 saturated carbocycles. The fraction of sp³-hybridized carbons (Fsp3) is 0.439. The lowest BCUT2D eigenvalue weighted by molar-refractivity contribution is -0.141. The number of aliphatic carboxylic acids is 1. The van der Waals surface area contributed by atoms with Crippen molar-refractivity contribution in [3.8, 4) is 22.5 Å². The normalized spacial score (nSPS) is 15.3. The summed E-state index contributed by atoms with van der Waals surface area (Å²) in [4.78, 5) is 51.5. The van der Waals surface area contributed by atoms with Gasteiger partial charge < -0.3 is 10.0 Å². The zero-order valence-electron chi connectivity index (χ0n) is 29.3. The number of rotatable bonds is 15. The van der Waals surface area contributed by atoms with Crippen LogP contribution in [0.4, 0.5) is 0 Å². The zero-order chi connectivity index (χ0) is 35.0. The summed E-state index contributed by atoms with van der Waals surface area (Å²) in [5.41, 5.74) is 5.14. The monoisotopic (exact) mass is 679 g/mol. The molecule has 4 aromatic rings. The van der Waals surface area contributed by atoms with Gasteiger partial charge in [0.15, 0.2) is 11.6 Å². The number of aromatic nitrogens is 2. The van der Waals surface area contributed by atoms with Crippen LogP contribution in [0.5, 0.6) is 0 Å². The third-order valence-electron chi connectivity index (χ3n) is 9.45. The van der Waals surface area contributed by atoms with E-state index < -0.39 is 17.8 Å². The highest BCUT2D eigenvalue weighted by atomic mass is 32.1. The second kappa shape index (κ2) is 16.5. The molecule has 5 rings (SSSR count). The third kappa shape index (κ3) is 9.72. The molecule has 8 heteroatoms. The topological polar surface area (TPSA) is 100 Å². The van der Waals surface area contributed by atoms with E-state index in [1.807, 2.05) is 48.8 Å². The summed E-state index contributed by atoms with van der Waals surface area (Å²) >= 11 is 1.48. The number of aryl methyl sites for hydroxylation is 1. The number of carboxylic acid groups (broad SMARTS) is 1. The van der Waals surface area contributed by atoms with Crippen molar-refractivity contribution in [3.05, 3.63) is 93.9 Å². The van der Waals surface area contributed by atoms with Gasteiger partial charge in [-0.25, -0.2) is 9.97 Å². The molecule has 0 bridgehead atoms. The minimum atomic E-state index is -0.886. The van der Waals surface area contributed by atoms with Crippen LogP contribution in [0.2, 0.25) is 0 Å². The maximum Gasteiger partial charge on any atom is 0.308 e. The van der Waals surface area contributed by atoms with Crippen LogP contribution in [0.1, 0.15) is 98.3 Å². The Hall–Kier alpha value is -4.17. The number of ketones is 1. The SMILES string of the molecule is CCCCCCCc1ccc(-c2cnc(-c3ccc(C[C@H](CC(=O)c4ccc(C(C)(C)C)s4)C(=O)N4CC[C@H](C(=O)O)C4)cc3)nc2)cc1. The molecule has 0 aliphatic carbocycles. The van der Waals surface area contributed by atoms with Gasteiger partial charge in [0.25, 0.3) is 0 Å². The fourth-order valence-electron chi connectivity index (χ4n) is 6.38. The van der Waals surface area contributed by atoms with Crippen LogP contribution in [0.3, 0.4) is 0 Å². The second-order valence-electron chi connectivity index (χ2n) is 14.4. The predicted octanol–water partition coefficient (Wildman–Crippen LogP) is 9.05. The van der Waals surface area contributed by atoms with Crippen LogP contribution >= 0.6 is 11.3 Å². The van der Waals surface area contributed by atoms with Crippen molar-refractivity contribution in [2.75, 3.05) is 13.1 Å². The number of carbonyl (C=O) groups is 3. The van der Waals surface area contributed by atoms with E-state index in [1.54, 1.807) is 4.90 Å². The molecule has 2 aromatic heterocycles. The van der Waals surface area contributed by atoms with Gasteiger partial charge in [0, 0.05) is 53.8 Å². The number of benzene rings is 2. The van der Waals surface area contributed by atoms with E-state index in [4.69, 9.17) is 0 Å². The van der Waals surface area contributed by atoms with Crippen molar-refractivity contribution in [1.29, 1.82) is 0 Å². The van der Waals surface area contributed by atoms with Crippen molar-refractivity contribution >= 4 is 29.0 Å². The number of amides is 1. The lowest BCUT2D eigenvalue weighted by atomic mass is 9.92. The number of unbranched alkanes of at least 4 members (excludes halogenated alkanes) is 4. The van der Waals surface area contributed by atoms with Crippen LogP contribution < -0.4 is 0 Å². The Balaban J connectivity index is 1.25. The van der Waals surface area contributed by atoms with E-state index in [1.165, 1.54) is 49.0 Å². The Morgan fingerprint density at radius 1 is 0.857 bits per heavy atom. The van der Waals surface area contributed by atoms with E-state index in [2.05, 4.69) is 61.9 Å². The lowest BCUT2D eigenvalue weighted by Gasteiger charge is -2.23. The summed E-state index contributed by atoms with van der Waals surface area (Å²) < 4.78 is 0. The van der Waals surface area contributed by atoms with Gasteiger partial charge in [0.05, 0.1) is 10.8 Å². The quantitative estimate of drug-likeness (QED) is 0.0994. The Kier molecular flexibility index (Phi) is 12.2. The van der Waals surface area contributed by atoms with Crippen molar-refractivity contribution in [2.45, 2.75) is 90.9 Å². The van der Waals surface area contributed by atoms with Gasteiger partial charge in [-0.05, 0) is 59.9 Å². The molecule has 2 atom stereocenters. The molecule has 3 heterocycles. The first-order valence-electron chi connectivity index (χ1n) is 17.7. The van der Waals surface area contributed by atoms with Gasteiger partial charge in [-0.1, -0.05) is 102 Å². The first kappa shape index (κ1) is 36.1. The average molecular weight is 680 g/mol. The summed E-state index contributed by atoms with van der Waals surface area (Å²) in [6, 6.07) is 20.4. The third-order valence-corrected chi connectivity index (χ3v) is 11.0. The standard InChI is InChI=1S/C41H49N3O4S/c1-5-6-7-8-9-10-28-11-15-30(16-12-28)34-25-42-38(43-26-34)31-17-13-29(14-18-31)23-33(39(46)44-22-21-32(27-44)40(47)48)24-35(45)36-19-20-37(49-36)41(2,3)4/h11-20,25-26,32-33H,5-10,21-24,27H2,1-4H3,(H,47,48)/t32-,33+/m0/s1. The maximum absolute atomic E-state index is 13.8. The van der Waals surface area contributed by atoms with Gasteiger partial charge >= 0.3 is 5.97 Å². The number of hydrogen-bond donors (Lipinski definition) is 1. The highest BCUT2D eigenvalue weighted by molar-refractivity contribution is 7.14. The Bertz CT molecular complexity index is 1710. The number of hydrogen-bond acceptors (Lipinski definition) is 6. The van der Waals surface area contributed by atoms with Crippen molar-refractivity contribution < 1.29 is 19.5 Å². The van der Waals surface area contributed by atoms with E-state index in [9.17, 15) is 19.5 Å². The number of nitrogens with zero attached hydrogens (tertiary/aromatic N) is 3. The number of thiophene rings is 1. The minimum absolute atomic E-state index is 0.0602. The Morgan fingerprint density at radius 3 is 2.12 bits per heavy atom.